The largest absolute Gasteiger partial charge is 0.465 e. The Balaban J connectivity index is 1.54. The molecule has 0 spiro atoms. The van der Waals surface area contributed by atoms with Crippen LogP contribution in [0.4, 0.5) is 9.59 Å². The molecular formula is C33H53N5O10S2. The molecule has 2 fully saturated rings. The molecule has 0 aliphatic carbocycles. The van der Waals surface area contributed by atoms with E-state index in [1.54, 1.807) is 23.3 Å². The smallest absolute Gasteiger partial charge is 0.410 e. The molecule has 15 nitrogen and oxygen atoms in total. The number of nitrogens with zero attached hydrogens (tertiary/aromatic N) is 2. The van der Waals surface area contributed by atoms with Crippen molar-refractivity contribution in [3.05, 3.63) is 17.5 Å². The minimum atomic E-state index is -4.03. The number of sulfonamides is 1. The first-order chi connectivity index (χ1) is 23.6. The fraction of sp³-hybridized carbons (Fsp3) is 0.727. The zero-order valence-corrected chi connectivity index (χ0v) is 31.1. The van der Waals surface area contributed by atoms with E-state index >= 15 is 0 Å². The van der Waals surface area contributed by atoms with E-state index in [-0.39, 0.29) is 41.8 Å². The molecule has 3 heterocycles. The molecule has 2 aliphatic heterocycles. The summed E-state index contributed by atoms with van der Waals surface area (Å²) in [6.07, 6.45) is 4.48. The summed E-state index contributed by atoms with van der Waals surface area (Å²) in [6.45, 7) is 8.43. The van der Waals surface area contributed by atoms with Crippen molar-refractivity contribution < 1.29 is 47.0 Å². The number of nitrogens with one attached hydrogen (secondary N) is 3. The molecule has 1 unspecified atom stereocenters. The molecule has 0 bridgehead atoms. The number of hydrogen-bond donors (Lipinski definition) is 4. The van der Waals surface area contributed by atoms with Gasteiger partial charge in [-0.25, -0.2) is 18.0 Å². The number of piperidine rings is 2. The number of thiophene rings is 1. The first-order valence-electron chi connectivity index (χ1n) is 17.3. The van der Waals surface area contributed by atoms with Gasteiger partial charge in [-0.05, 0) is 102 Å². The average molecular weight is 744 g/mol. The molecule has 4 N–H and O–H groups in total. The number of ether oxygens (including phenoxy) is 2. The number of carbonyl (C=O) groups excluding carboxylic acids is 4. The summed E-state index contributed by atoms with van der Waals surface area (Å²) in [7, 11) is -4.03. The highest BCUT2D eigenvalue weighted by atomic mass is 32.2. The summed E-state index contributed by atoms with van der Waals surface area (Å²) in [6, 6.07) is 1.59. The number of rotatable bonds is 16. The Morgan fingerprint density at radius 1 is 0.960 bits per heavy atom. The topological polar surface area (TPSA) is 201 Å². The van der Waals surface area contributed by atoms with E-state index in [9.17, 15) is 37.5 Å². The number of amides is 4. The van der Waals surface area contributed by atoms with Gasteiger partial charge in [0.05, 0.1) is 13.2 Å². The second kappa shape index (κ2) is 19.2. The highest BCUT2D eigenvalue weighted by Crippen LogP contribution is 2.29. The van der Waals surface area contributed by atoms with Crippen molar-refractivity contribution in [2.24, 2.45) is 17.8 Å². The molecule has 1 aromatic rings. The van der Waals surface area contributed by atoms with Crippen molar-refractivity contribution in [2.45, 2.75) is 94.9 Å². The van der Waals surface area contributed by atoms with Crippen molar-refractivity contribution in [3.8, 4) is 0 Å². The van der Waals surface area contributed by atoms with E-state index < -0.39 is 39.6 Å². The number of hydrogen-bond acceptors (Lipinski definition) is 10. The Morgan fingerprint density at radius 3 is 2.04 bits per heavy atom. The molecule has 0 aromatic carbocycles. The van der Waals surface area contributed by atoms with E-state index in [0.29, 0.717) is 50.9 Å². The quantitative estimate of drug-likeness (QED) is 0.182. The maximum Gasteiger partial charge on any atom is 0.410 e. The van der Waals surface area contributed by atoms with Crippen LogP contribution in [0.3, 0.4) is 0 Å². The van der Waals surface area contributed by atoms with Gasteiger partial charge in [0.15, 0.2) is 0 Å². The summed E-state index contributed by atoms with van der Waals surface area (Å²) in [5.41, 5.74) is -0.569. The van der Waals surface area contributed by atoms with Gasteiger partial charge in [-0.3, -0.25) is 14.4 Å². The summed E-state index contributed by atoms with van der Waals surface area (Å²) in [4.78, 5) is 65.6. The number of carbonyl (C=O) groups is 5. The summed E-state index contributed by atoms with van der Waals surface area (Å²) >= 11 is 0.981. The third kappa shape index (κ3) is 13.7. The van der Waals surface area contributed by atoms with Crippen LogP contribution in [0, 0.1) is 17.8 Å². The maximum absolute atomic E-state index is 13.4. The molecule has 4 amide bonds. The van der Waals surface area contributed by atoms with E-state index in [0.717, 1.165) is 49.9 Å². The molecule has 3 rings (SSSR count). The van der Waals surface area contributed by atoms with Gasteiger partial charge in [0.25, 0.3) is 10.0 Å². The van der Waals surface area contributed by atoms with Crippen molar-refractivity contribution in [2.75, 3.05) is 45.9 Å². The van der Waals surface area contributed by atoms with E-state index in [1.807, 2.05) is 20.8 Å². The summed E-state index contributed by atoms with van der Waals surface area (Å²) < 4.78 is 38.2. The molecule has 2 aliphatic rings. The van der Waals surface area contributed by atoms with E-state index in [1.165, 1.54) is 11.0 Å². The Kier molecular flexibility index (Phi) is 15.8. The normalized spacial score (nSPS) is 17.4. The van der Waals surface area contributed by atoms with Gasteiger partial charge < -0.3 is 35.0 Å². The van der Waals surface area contributed by atoms with Crippen LogP contribution in [-0.2, 0) is 33.9 Å². The molecular weight excluding hydrogens is 691 g/mol. The van der Waals surface area contributed by atoms with Crippen molar-refractivity contribution in [1.82, 2.24) is 25.2 Å². The van der Waals surface area contributed by atoms with Gasteiger partial charge in [0.1, 0.15) is 15.9 Å². The molecule has 1 aromatic heterocycles. The molecule has 282 valence electrons. The van der Waals surface area contributed by atoms with Crippen LogP contribution in [0.25, 0.3) is 0 Å². The second-order valence-electron chi connectivity index (χ2n) is 13.9. The first kappa shape index (κ1) is 41.0. The van der Waals surface area contributed by atoms with Gasteiger partial charge in [0.2, 0.25) is 11.8 Å². The second-order valence-corrected chi connectivity index (χ2v) is 16.7. The van der Waals surface area contributed by atoms with Crippen LogP contribution >= 0.6 is 11.3 Å². The lowest BCUT2D eigenvalue weighted by Crippen LogP contribution is -2.50. The van der Waals surface area contributed by atoms with Crippen LogP contribution in [0.15, 0.2) is 21.7 Å². The predicted molar refractivity (Wildman–Crippen MR) is 186 cm³/mol. The van der Waals surface area contributed by atoms with Crippen LogP contribution in [0.1, 0.15) is 79.1 Å². The Bertz CT molecular complexity index is 1380. The zero-order chi connectivity index (χ0) is 36.9. The van der Waals surface area contributed by atoms with Gasteiger partial charge in [-0.15, -0.1) is 11.3 Å². The molecule has 17 heteroatoms. The van der Waals surface area contributed by atoms with Crippen molar-refractivity contribution in [3.63, 3.8) is 0 Å². The highest BCUT2D eigenvalue weighted by molar-refractivity contribution is 7.91. The van der Waals surface area contributed by atoms with Crippen LogP contribution < -0.4 is 15.4 Å². The first-order valence-corrected chi connectivity index (χ1v) is 19.7. The summed E-state index contributed by atoms with van der Waals surface area (Å²) in [5, 5.41) is 16.1. The standard InChI is InChI=1S/C33H53N5O10S2/c1-5-47-30(41)26(36-50(45,46)28-7-6-20-49-28)21-34-27(39)22-35-29(40)25(10-8-23-12-16-37(17-13-23)31(42)43)11-9-24-14-18-38(19-15-24)32(44)48-33(2,3)4/h6-7,20,23-26,36H,5,8-19,21-22H2,1-4H3,(H,34,39)(H,35,40)(H,42,43)/t25?,26-/m0/s1. The minimum Gasteiger partial charge on any atom is -0.465 e. The molecule has 50 heavy (non-hydrogen) atoms. The van der Waals surface area contributed by atoms with Gasteiger partial charge in [-0.2, -0.15) is 4.72 Å². The lowest BCUT2D eigenvalue weighted by atomic mass is 9.84. The lowest BCUT2D eigenvalue weighted by Gasteiger charge is -2.34. The maximum atomic E-state index is 13.4. The van der Waals surface area contributed by atoms with Crippen LogP contribution in [0.5, 0.6) is 0 Å². The average Bonchev–Trinajstić information content (AvgIpc) is 3.62. The predicted octanol–water partition coefficient (Wildman–Crippen LogP) is 3.40. The number of carboxylic acid groups (broad SMARTS) is 1. The third-order valence-electron chi connectivity index (χ3n) is 8.92. The monoisotopic (exact) mass is 743 g/mol. The Morgan fingerprint density at radius 2 is 1.54 bits per heavy atom. The van der Waals surface area contributed by atoms with Crippen LogP contribution in [0.2, 0.25) is 0 Å². The number of likely N-dealkylation sites (tertiary alicyclic amines) is 2. The lowest BCUT2D eigenvalue weighted by molar-refractivity contribution is -0.145. The Hall–Kier alpha value is -3.44. The van der Waals surface area contributed by atoms with Crippen molar-refractivity contribution in [1.29, 1.82) is 0 Å². The molecule has 0 saturated carbocycles. The van der Waals surface area contributed by atoms with Crippen LogP contribution in [-0.4, -0.2) is 111 Å². The zero-order valence-electron chi connectivity index (χ0n) is 29.5. The van der Waals surface area contributed by atoms with Gasteiger partial charge in [-0.1, -0.05) is 6.07 Å². The van der Waals surface area contributed by atoms with Gasteiger partial charge in [0, 0.05) is 38.6 Å². The molecule has 2 saturated heterocycles. The van der Waals surface area contributed by atoms with E-state index in [4.69, 9.17) is 9.47 Å². The van der Waals surface area contributed by atoms with E-state index in [2.05, 4.69) is 15.4 Å². The van der Waals surface area contributed by atoms with Gasteiger partial charge >= 0.3 is 18.2 Å². The molecule has 0 radical (unpaired) electrons. The molecule has 2 atom stereocenters. The summed E-state index contributed by atoms with van der Waals surface area (Å²) in [5.74, 6) is -1.49. The Labute approximate surface area is 298 Å². The highest BCUT2D eigenvalue weighted by Gasteiger charge is 2.31. The minimum absolute atomic E-state index is 0.0115. The fourth-order valence-corrected chi connectivity index (χ4v) is 8.29. The fourth-order valence-electron chi connectivity index (χ4n) is 6.09. The van der Waals surface area contributed by atoms with Crippen molar-refractivity contribution >= 4 is 51.3 Å². The number of esters is 1. The SMILES string of the molecule is CCOC(=O)[C@H](CNC(=O)CNC(=O)C(CCC1CCN(C(=O)O)CC1)CCC1CCN(C(=O)OC(C)(C)C)CC1)NS(=O)(=O)c1cccs1. The third-order valence-corrected chi connectivity index (χ3v) is 11.8.